The van der Waals surface area contributed by atoms with Gasteiger partial charge in [-0.2, -0.15) is 5.10 Å². The molecule has 1 heterocycles. The second-order valence-corrected chi connectivity index (χ2v) is 7.17. The van der Waals surface area contributed by atoms with Gasteiger partial charge in [0, 0.05) is 11.9 Å². The van der Waals surface area contributed by atoms with E-state index in [9.17, 15) is 4.79 Å². The van der Waals surface area contributed by atoms with Crippen LogP contribution in [0.1, 0.15) is 44.4 Å². The average Bonchev–Trinajstić information content (AvgIpc) is 3.15. The van der Waals surface area contributed by atoms with E-state index >= 15 is 0 Å². The summed E-state index contributed by atoms with van der Waals surface area (Å²) in [6, 6.07) is 10.1. The minimum Gasteiger partial charge on any atom is -0.481 e. The van der Waals surface area contributed by atoms with Gasteiger partial charge in [0.1, 0.15) is 0 Å². The second-order valence-electron chi connectivity index (χ2n) is 7.17. The van der Waals surface area contributed by atoms with E-state index in [1.165, 1.54) is 0 Å². The Morgan fingerprint density at radius 3 is 2.57 bits per heavy atom. The Labute approximate surface area is 136 Å². The van der Waals surface area contributed by atoms with Gasteiger partial charge in [0.05, 0.1) is 23.7 Å². The molecule has 1 aromatic carbocycles. The third-order valence-electron chi connectivity index (χ3n) is 4.28. The molecule has 0 aliphatic heterocycles. The van der Waals surface area contributed by atoms with E-state index in [-0.39, 0.29) is 17.4 Å². The smallest absolute Gasteiger partial charge is 0.307 e. The number of carboxylic acids is 1. The maximum atomic E-state index is 10.9. The maximum Gasteiger partial charge on any atom is 0.307 e. The van der Waals surface area contributed by atoms with Crippen molar-refractivity contribution >= 4 is 11.7 Å². The summed E-state index contributed by atoms with van der Waals surface area (Å²) in [5.41, 5.74) is 3.24. The van der Waals surface area contributed by atoms with E-state index in [4.69, 9.17) is 5.11 Å². The fourth-order valence-electron chi connectivity index (χ4n) is 2.95. The van der Waals surface area contributed by atoms with Gasteiger partial charge >= 0.3 is 5.97 Å². The van der Waals surface area contributed by atoms with Crippen molar-refractivity contribution in [2.24, 2.45) is 5.92 Å². The Kier molecular flexibility index (Phi) is 3.88. The van der Waals surface area contributed by atoms with Gasteiger partial charge in [0.15, 0.2) is 0 Å². The first-order chi connectivity index (χ1) is 10.9. The SMILES string of the molecule is CC(C)(C)n1nccc1CNc1ccc([C@@H]2C[C@H]2C(=O)O)cc1. The molecular formula is C18H23N3O2. The minimum atomic E-state index is -0.687. The Morgan fingerprint density at radius 1 is 1.30 bits per heavy atom. The van der Waals surface area contributed by atoms with Gasteiger partial charge < -0.3 is 10.4 Å². The normalized spacial score (nSPS) is 20.3. The molecule has 0 radical (unpaired) electrons. The summed E-state index contributed by atoms with van der Waals surface area (Å²) in [6.45, 7) is 7.10. The first-order valence-corrected chi connectivity index (χ1v) is 7.96. The van der Waals surface area contributed by atoms with Gasteiger partial charge in [0.25, 0.3) is 0 Å². The molecule has 1 aliphatic carbocycles. The molecule has 5 heteroatoms. The number of nitrogens with one attached hydrogen (secondary N) is 1. The third kappa shape index (κ3) is 3.38. The summed E-state index contributed by atoms with van der Waals surface area (Å²) in [7, 11) is 0. The average molecular weight is 313 g/mol. The van der Waals surface area contributed by atoms with Gasteiger partial charge in [-0.15, -0.1) is 0 Å². The molecule has 0 unspecified atom stereocenters. The number of aromatic nitrogens is 2. The van der Waals surface area contributed by atoms with Crippen LogP contribution in [-0.4, -0.2) is 20.9 Å². The maximum absolute atomic E-state index is 10.9. The lowest BCUT2D eigenvalue weighted by atomic mass is 10.1. The molecule has 0 spiro atoms. The first-order valence-electron chi connectivity index (χ1n) is 7.96. The fourth-order valence-corrected chi connectivity index (χ4v) is 2.95. The molecule has 2 aromatic rings. The fraction of sp³-hybridized carbons (Fsp3) is 0.444. The number of benzene rings is 1. The highest BCUT2D eigenvalue weighted by atomic mass is 16.4. The molecule has 1 saturated carbocycles. The van der Waals surface area contributed by atoms with E-state index in [2.05, 4.69) is 31.2 Å². The number of hydrogen-bond acceptors (Lipinski definition) is 3. The summed E-state index contributed by atoms with van der Waals surface area (Å²) in [5.74, 6) is -0.702. The largest absolute Gasteiger partial charge is 0.481 e. The molecule has 0 bridgehead atoms. The molecule has 122 valence electrons. The second kappa shape index (κ2) is 5.72. The monoisotopic (exact) mass is 313 g/mol. The van der Waals surface area contributed by atoms with Gasteiger partial charge in [0.2, 0.25) is 0 Å². The molecule has 1 fully saturated rings. The zero-order valence-corrected chi connectivity index (χ0v) is 13.8. The first kappa shape index (κ1) is 15.6. The van der Waals surface area contributed by atoms with E-state index in [0.717, 1.165) is 23.4 Å². The highest BCUT2D eigenvalue weighted by molar-refractivity contribution is 5.75. The van der Waals surface area contributed by atoms with Crippen LogP contribution in [0.4, 0.5) is 5.69 Å². The lowest BCUT2D eigenvalue weighted by Crippen LogP contribution is -2.26. The molecule has 0 amide bonds. The van der Waals surface area contributed by atoms with Crippen molar-refractivity contribution < 1.29 is 9.90 Å². The highest BCUT2D eigenvalue weighted by Gasteiger charge is 2.43. The predicted molar refractivity (Wildman–Crippen MR) is 89.5 cm³/mol. The number of anilines is 1. The zero-order valence-electron chi connectivity index (χ0n) is 13.8. The van der Waals surface area contributed by atoms with Crippen LogP contribution in [0.25, 0.3) is 0 Å². The minimum absolute atomic E-state index is 0.0395. The van der Waals surface area contributed by atoms with Crippen LogP contribution in [0.15, 0.2) is 36.5 Å². The summed E-state index contributed by atoms with van der Waals surface area (Å²) in [6.07, 6.45) is 2.58. The van der Waals surface area contributed by atoms with Crippen LogP contribution in [0.2, 0.25) is 0 Å². The van der Waals surface area contributed by atoms with Crippen LogP contribution in [0, 0.1) is 5.92 Å². The molecule has 1 aliphatic rings. The van der Waals surface area contributed by atoms with Crippen molar-refractivity contribution in [1.29, 1.82) is 0 Å². The molecule has 23 heavy (non-hydrogen) atoms. The number of rotatable bonds is 5. The van der Waals surface area contributed by atoms with E-state index < -0.39 is 5.97 Å². The number of carboxylic acid groups (broad SMARTS) is 1. The molecule has 5 nitrogen and oxygen atoms in total. The van der Waals surface area contributed by atoms with Crippen molar-refractivity contribution in [1.82, 2.24) is 9.78 Å². The van der Waals surface area contributed by atoms with E-state index in [1.807, 2.05) is 41.2 Å². The molecule has 0 saturated heterocycles. The topological polar surface area (TPSA) is 67.2 Å². The van der Waals surface area contributed by atoms with Gasteiger partial charge in [-0.3, -0.25) is 9.48 Å². The van der Waals surface area contributed by atoms with E-state index in [0.29, 0.717) is 6.54 Å². The lowest BCUT2D eigenvalue weighted by molar-refractivity contribution is -0.138. The third-order valence-corrected chi connectivity index (χ3v) is 4.28. The van der Waals surface area contributed by atoms with Crippen LogP contribution in [0.5, 0.6) is 0 Å². The molecule has 2 N–H and O–H groups in total. The molecule has 3 rings (SSSR count). The summed E-state index contributed by atoms with van der Waals surface area (Å²) in [5, 5.41) is 16.8. The summed E-state index contributed by atoms with van der Waals surface area (Å²) >= 11 is 0. The number of carbonyl (C=O) groups is 1. The number of aliphatic carboxylic acids is 1. The van der Waals surface area contributed by atoms with Crippen LogP contribution < -0.4 is 5.32 Å². The van der Waals surface area contributed by atoms with Gasteiger partial charge in [-0.25, -0.2) is 0 Å². The van der Waals surface area contributed by atoms with E-state index in [1.54, 1.807) is 0 Å². The molecule has 2 atom stereocenters. The summed E-state index contributed by atoms with van der Waals surface area (Å²) < 4.78 is 2.02. The molecular weight excluding hydrogens is 290 g/mol. The van der Waals surface area contributed by atoms with Crippen molar-refractivity contribution in [3.8, 4) is 0 Å². The quantitative estimate of drug-likeness (QED) is 0.887. The standard InChI is InChI=1S/C18H23N3O2/c1-18(2,3)21-14(8-9-20-21)11-19-13-6-4-12(5-7-13)15-10-16(15)17(22)23/h4-9,15-16,19H,10-11H2,1-3H3,(H,22,23)/t15-,16+/m0/s1. The Bertz CT molecular complexity index is 698. The Balaban J connectivity index is 1.62. The van der Waals surface area contributed by atoms with Crippen LogP contribution in [0.3, 0.4) is 0 Å². The van der Waals surface area contributed by atoms with Crippen LogP contribution >= 0.6 is 0 Å². The van der Waals surface area contributed by atoms with Gasteiger partial charge in [-0.05, 0) is 56.9 Å². The highest BCUT2D eigenvalue weighted by Crippen LogP contribution is 2.47. The Hall–Kier alpha value is -2.30. The van der Waals surface area contributed by atoms with Crippen molar-refractivity contribution in [2.75, 3.05) is 5.32 Å². The molecule has 1 aromatic heterocycles. The zero-order chi connectivity index (χ0) is 16.6. The van der Waals surface area contributed by atoms with Crippen molar-refractivity contribution in [3.05, 3.63) is 47.8 Å². The van der Waals surface area contributed by atoms with Crippen LogP contribution in [-0.2, 0) is 16.9 Å². The van der Waals surface area contributed by atoms with Crippen molar-refractivity contribution in [3.63, 3.8) is 0 Å². The van der Waals surface area contributed by atoms with Gasteiger partial charge in [-0.1, -0.05) is 12.1 Å². The Morgan fingerprint density at radius 2 is 2.00 bits per heavy atom. The predicted octanol–water partition coefficient (Wildman–Crippen LogP) is 3.44. The lowest BCUT2D eigenvalue weighted by Gasteiger charge is -2.22. The number of nitrogens with zero attached hydrogens (tertiary/aromatic N) is 2. The van der Waals surface area contributed by atoms with Crippen molar-refractivity contribution in [2.45, 2.75) is 45.2 Å². The number of hydrogen-bond donors (Lipinski definition) is 2. The summed E-state index contributed by atoms with van der Waals surface area (Å²) in [4.78, 5) is 10.9.